The number of phenols is 1. The Balaban J connectivity index is 1.92. The molecule has 0 atom stereocenters. The van der Waals surface area contributed by atoms with E-state index in [9.17, 15) is 9.90 Å². The molecule has 0 spiro atoms. The lowest BCUT2D eigenvalue weighted by Gasteiger charge is -2.05. The van der Waals surface area contributed by atoms with Crippen LogP contribution in [0, 0.1) is 4.77 Å². The van der Waals surface area contributed by atoms with Crippen LogP contribution in [0.1, 0.15) is 5.56 Å². The van der Waals surface area contributed by atoms with Gasteiger partial charge in [0.15, 0.2) is 0 Å². The molecule has 6 heteroatoms. The summed E-state index contributed by atoms with van der Waals surface area (Å²) >= 11 is 5.24. The molecular weight excluding hydrogens is 334 g/mol. The molecule has 25 heavy (non-hydrogen) atoms. The minimum Gasteiger partial charge on any atom is -0.507 e. The third-order valence-corrected chi connectivity index (χ3v) is 4.31. The van der Waals surface area contributed by atoms with Crippen LogP contribution < -0.4 is 5.56 Å². The van der Waals surface area contributed by atoms with Gasteiger partial charge in [0.2, 0.25) is 4.77 Å². The number of fused-ring (bicyclic) bond motifs is 2. The molecular formula is C19H13N3O2S. The molecule has 0 aliphatic carbocycles. The molecule has 0 aliphatic rings. The fourth-order valence-corrected chi connectivity index (χ4v) is 3.03. The molecule has 0 bridgehead atoms. The van der Waals surface area contributed by atoms with Crippen LogP contribution in [0.2, 0.25) is 0 Å². The minimum atomic E-state index is -0.310. The highest BCUT2D eigenvalue weighted by atomic mass is 32.1. The van der Waals surface area contributed by atoms with E-state index in [2.05, 4.69) is 10.1 Å². The molecule has 0 saturated carbocycles. The maximum absolute atomic E-state index is 12.6. The van der Waals surface area contributed by atoms with Crippen molar-refractivity contribution in [1.29, 1.82) is 0 Å². The highest BCUT2D eigenvalue weighted by Gasteiger charge is 2.06. The molecule has 0 amide bonds. The lowest BCUT2D eigenvalue weighted by molar-refractivity contribution is 0.475. The molecule has 122 valence electrons. The molecule has 0 saturated heterocycles. The van der Waals surface area contributed by atoms with Crippen LogP contribution in [0.4, 0.5) is 0 Å². The quantitative estimate of drug-likeness (QED) is 0.428. The fraction of sp³-hybridized carbons (Fsp3) is 0. The van der Waals surface area contributed by atoms with E-state index in [0.717, 1.165) is 15.4 Å². The topological polar surface area (TPSA) is 70.4 Å². The minimum absolute atomic E-state index is 0.0891. The lowest BCUT2D eigenvalue weighted by Crippen LogP contribution is -2.18. The van der Waals surface area contributed by atoms with Gasteiger partial charge >= 0.3 is 0 Å². The SMILES string of the molecule is O=c1c2ccccc2[nH]c(=S)n1/N=C/c1c(O)ccc2ccccc12. The first-order valence-electron chi connectivity index (χ1n) is 7.64. The van der Waals surface area contributed by atoms with Crippen molar-refractivity contribution in [2.24, 2.45) is 5.10 Å². The number of rotatable bonds is 2. The number of hydrogen-bond donors (Lipinski definition) is 2. The number of hydrogen-bond acceptors (Lipinski definition) is 4. The molecule has 1 heterocycles. The van der Waals surface area contributed by atoms with Gasteiger partial charge in [-0.1, -0.05) is 42.5 Å². The van der Waals surface area contributed by atoms with Gasteiger partial charge in [-0.15, -0.1) is 0 Å². The first-order valence-corrected chi connectivity index (χ1v) is 8.05. The van der Waals surface area contributed by atoms with E-state index in [1.807, 2.05) is 36.4 Å². The molecule has 4 rings (SSSR count). The van der Waals surface area contributed by atoms with E-state index in [1.54, 1.807) is 24.3 Å². The smallest absolute Gasteiger partial charge is 0.282 e. The van der Waals surface area contributed by atoms with Crippen molar-refractivity contribution in [3.63, 3.8) is 0 Å². The first-order chi connectivity index (χ1) is 12.1. The Morgan fingerprint density at radius 1 is 1.00 bits per heavy atom. The molecule has 5 nitrogen and oxygen atoms in total. The van der Waals surface area contributed by atoms with Gasteiger partial charge in [0, 0.05) is 5.56 Å². The summed E-state index contributed by atoms with van der Waals surface area (Å²) in [5.41, 5.74) is 0.889. The third-order valence-electron chi connectivity index (χ3n) is 4.03. The highest BCUT2D eigenvalue weighted by Crippen LogP contribution is 2.25. The number of phenolic OH excluding ortho intramolecular Hbond substituents is 1. The average molecular weight is 347 g/mol. The predicted octanol–water partition coefficient (Wildman–Crippen LogP) is 3.80. The van der Waals surface area contributed by atoms with Gasteiger partial charge in [-0.2, -0.15) is 9.78 Å². The van der Waals surface area contributed by atoms with Crippen molar-refractivity contribution in [2.75, 3.05) is 0 Å². The normalized spacial score (nSPS) is 11.5. The number of H-pyrrole nitrogens is 1. The second kappa shape index (κ2) is 5.99. The Morgan fingerprint density at radius 2 is 1.72 bits per heavy atom. The summed E-state index contributed by atoms with van der Waals surface area (Å²) < 4.78 is 1.32. The molecule has 2 N–H and O–H groups in total. The van der Waals surface area contributed by atoms with Crippen molar-refractivity contribution >= 4 is 40.1 Å². The van der Waals surface area contributed by atoms with Crippen molar-refractivity contribution in [3.05, 3.63) is 81.4 Å². The van der Waals surface area contributed by atoms with Gasteiger partial charge in [0.1, 0.15) is 5.75 Å². The second-order valence-corrected chi connectivity index (χ2v) is 5.94. The molecule has 4 aromatic rings. The third kappa shape index (κ3) is 2.62. The number of para-hydroxylation sites is 1. The van der Waals surface area contributed by atoms with Gasteiger partial charge in [-0.25, -0.2) is 0 Å². The maximum atomic E-state index is 12.6. The lowest BCUT2D eigenvalue weighted by atomic mass is 10.0. The maximum Gasteiger partial charge on any atom is 0.282 e. The number of aromatic amines is 1. The van der Waals surface area contributed by atoms with E-state index in [0.29, 0.717) is 16.5 Å². The van der Waals surface area contributed by atoms with Gasteiger partial charge < -0.3 is 10.1 Å². The summed E-state index contributed by atoms with van der Waals surface area (Å²) in [6, 6.07) is 18.2. The van der Waals surface area contributed by atoms with Gasteiger partial charge in [0.05, 0.1) is 17.1 Å². The van der Waals surface area contributed by atoms with Gasteiger partial charge in [-0.05, 0) is 41.2 Å². The van der Waals surface area contributed by atoms with Crippen molar-refractivity contribution in [2.45, 2.75) is 0 Å². The van der Waals surface area contributed by atoms with Crippen LogP contribution in [0.5, 0.6) is 5.75 Å². The number of aromatic hydroxyl groups is 1. The van der Waals surface area contributed by atoms with E-state index >= 15 is 0 Å². The van der Waals surface area contributed by atoms with Crippen LogP contribution >= 0.6 is 12.2 Å². The molecule has 0 unspecified atom stereocenters. The Hall–Kier alpha value is -3.25. The van der Waals surface area contributed by atoms with E-state index in [4.69, 9.17) is 12.2 Å². The summed E-state index contributed by atoms with van der Waals surface area (Å²) in [6.45, 7) is 0. The van der Waals surface area contributed by atoms with E-state index < -0.39 is 0 Å². The van der Waals surface area contributed by atoms with Gasteiger partial charge in [-0.3, -0.25) is 4.79 Å². The highest BCUT2D eigenvalue weighted by molar-refractivity contribution is 7.71. The molecule has 0 fully saturated rings. The number of aromatic nitrogens is 2. The summed E-state index contributed by atoms with van der Waals surface area (Å²) in [4.78, 5) is 15.6. The summed E-state index contributed by atoms with van der Waals surface area (Å²) in [5.74, 6) is 0.0891. The number of benzene rings is 3. The largest absolute Gasteiger partial charge is 0.507 e. The molecule has 0 aliphatic heterocycles. The standard InChI is InChI=1S/C19H13N3O2S/c23-17-10-9-12-5-1-2-6-13(12)15(17)11-20-22-18(24)14-7-3-4-8-16(14)21-19(22)25/h1-11,23H,(H,21,25)/b20-11+. The van der Waals surface area contributed by atoms with Crippen LogP contribution in [-0.2, 0) is 0 Å². The number of nitrogens with zero attached hydrogens (tertiary/aromatic N) is 2. The monoisotopic (exact) mass is 347 g/mol. The van der Waals surface area contributed by atoms with E-state index in [-0.39, 0.29) is 16.1 Å². The summed E-state index contributed by atoms with van der Waals surface area (Å²) in [5, 5.41) is 16.7. The molecule has 1 aromatic heterocycles. The van der Waals surface area contributed by atoms with Crippen LogP contribution in [0.15, 0.2) is 70.6 Å². The van der Waals surface area contributed by atoms with Gasteiger partial charge in [0.25, 0.3) is 5.56 Å². The zero-order valence-corrected chi connectivity index (χ0v) is 13.8. The molecule has 0 radical (unpaired) electrons. The Labute approximate surface area is 147 Å². The van der Waals surface area contributed by atoms with E-state index in [1.165, 1.54) is 6.21 Å². The van der Waals surface area contributed by atoms with Crippen LogP contribution in [0.25, 0.3) is 21.7 Å². The van der Waals surface area contributed by atoms with Crippen molar-refractivity contribution < 1.29 is 5.11 Å². The zero-order chi connectivity index (χ0) is 17.4. The first kappa shape index (κ1) is 15.3. The predicted molar refractivity (Wildman–Crippen MR) is 102 cm³/mol. The Bertz CT molecular complexity index is 1250. The Kier molecular flexibility index (Phi) is 3.66. The van der Waals surface area contributed by atoms with Crippen LogP contribution in [0.3, 0.4) is 0 Å². The van der Waals surface area contributed by atoms with Crippen LogP contribution in [-0.4, -0.2) is 21.0 Å². The average Bonchev–Trinajstić information content (AvgIpc) is 2.63. The van der Waals surface area contributed by atoms with Crippen molar-refractivity contribution in [3.8, 4) is 5.75 Å². The summed E-state index contributed by atoms with van der Waals surface area (Å²) in [7, 11) is 0. The second-order valence-electron chi connectivity index (χ2n) is 5.56. The molecule has 3 aromatic carbocycles. The fourth-order valence-electron chi connectivity index (χ4n) is 2.79. The van der Waals surface area contributed by atoms with Crippen molar-refractivity contribution in [1.82, 2.24) is 9.66 Å². The Morgan fingerprint density at radius 3 is 2.56 bits per heavy atom. The summed E-state index contributed by atoms with van der Waals surface area (Å²) in [6.07, 6.45) is 1.46. The zero-order valence-electron chi connectivity index (χ0n) is 13.0. The number of nitrogens with one attached hydrogen (secondary N) is 1.